The second-order valence-corrected chi connectivity index (χ2v) is 7.32. The van der Waals surface area contributed by atoms with Crippen LogP contribution in [0.1, 0.15) is 46.5 Å². The Kier molecular flexibility index (Phi) is 19.6. The number of likely N-dealkylation sites (tertiary alicyclic amines) is 1. The van der Waals surface area contributed by atoms with Crippen LogP contribution in [0.25, 0.3) is 0 Å². The summed E-state index contributed by atoms with van der Waals surface area (Å²) in [7, 11) is 0. The lowest BCUT2D eigenvalue weighted by molar-refractivity contribution is -0.146. The third-order valence-corrected chi connectivity index (χ3v) is 4.61. The van der Waals surface area contributed by atoms with Gasteiger partial charge in [-0.3, -0.25) is 4.79 Å². The van der Waals surface area contributed by atoms with E-state index in [1.54, 1.807) is 4.90 Å². The van der Waals surface area contributed by atoms with Crippen LogP contribution in [0.2, 0.25) is 0 Å². The van der Waals surface area contributed by atoms with E-state index in [9.17, 15) is 14.4 Å². The van der Waals surface area contributed by atoms with E-state index in [1.165, 1.54) is 6.92 Å². The van der Waals surface area contributed by atoms with Gasteiger partial charge in [0.15, 0.2) is 0 Å². The van der Waals surface area contributed by atoms with Crippen molar-refractivity contribution in [3.63, 3.8) is 0 Å². The molecule has 0 aromatic heterocycles. The first-order valence-corrected chi connectivity index (χ1v) is 11.5. The number of ether oxygens (including phenoxy) is 5. The van der Waals surface area contributed by atoms with Crippen molar-refractivity contribution in [3.05, 3.63) is 0 Å². The number of ketones is 1. The first-order chi connectivity index (χ1) is 15.0. The topological polar surface area (TPSA) is 101 Å². The monoisotopic (exact) mass is 465 g/mol. The molecule has 0 spiro atoms. The lowest BCUT2D eigenvalue weighted by Gasteiger charge is -2.28. The van der Waals surface area contributed by atoms with Crippen LogP contribution in [-0.4, -0.2) is 93.9 Å². The number of carbonyl (C=O) groups is 3. The van der Waals surface area contributed by atoms with E-state index in [-0.39, 0.29) is 44.5 Å². The maximum absolute atomic E-state index is 11.8. The Morgan fingerprint density at radius 1 is 0.774 bits per heavy atom. The Hall–Kier alpha value is -1.36. The minimum absolute atomic E-state index is 0.0370. The molecule has 0 radical (unpaired) electrons. The molecule has 1 saturated heterocycles. The molecule has 0 unspecified atom stereocenters. The lowest BCUT2D eigenvalue weighted by Crippen LogP contribution is -2.39. The second-order valence-electron chi connectivity index (χ2n) is 6.59. The molecule has 0 aromatic rings. The van der Waals surface area contributed by atoms with Gasteiger partial charge < -0.3 is 33.4 Å². The highest BCUT2D eigenvalue weighted by Gasteiger charge is 2.21. The zero-order valence-corrected chi connectivity index (χ0v) is 20.0. The van der Waals surface area contributed by atoms with Gasteiger partial charge in [0.2, 0.25) is 0 Å². The minimum atomic E-state index is -0.398. The Morgan fingerprint density at radius 3 is 1.71 bits per heavy atom. The molecule has 0 aromatic carbocycles. The van der Waals surface area contributed by atoms with Gasteiger partial charge in [0, 0.05) is 24.8 Å². The molecule has 0 N–H and O–H groups in total. The van der Waals surface area contributed by atoms with E-state index in [1.807, 2.05) is 13.8 Å². The molecule has 1 amide bonds. The van der Waals surface area contributed by atoms with E-state index < -0.39 is 5.97 Å². The van der Waals surface area contributed by atoms with Crippen molar-refractivity contribution in [2.24, 2.45) is 0 Å². The Balaban J connectivity index is 0.00000436. The van der Waals surface area contributed by atoms with Crippen molar-refractivity contribution in [1.82, 2.24) is 4.90 Å². The summed E-state index contributed by atoms with van der Waals surface area (Å²) in [5.41, 5.74) is 0. The Bertz CT molecular complexity index is 484. The molecular formula is C21H39NO8S. The fourth-order valence-corrected chi connectivity index (χ4v) is 2.67. The molecule has 1 heterocycles. The van der Waals surface area contributed by atoms with Crippen molar-refractivity contribution in [1.29, 1.82) is 0 Å². The molecule has 0 bridgehead atoms. The van der Waals surface area contributed by atoms with Crippen LogP contribution >= 0.6 is 12.6 Å². The van der Waals surface area contributed by atoms with Crippen LogP contribution in [0.3, 0.4) is 0 Å². The van der Waals surface area contributed by atoms with Crippen molar-refractivity contribution in [3.8, 4) is 0 Å². The third kappa shape index (κ3) is 18.0. The number of thiol groups is 1. The van der Waals surface area contributed by atoms with Crippen LogP contribution in [0.5, 0.6) is 0 Å². The molecule has 9 nitrogen and oxygen atoms in total. The van der Waals surface area contributed by atoms with Crippen LogP contribution in [-0.2, 0) is 33.3 Å². The van der Waals surface area contributed by atoms with Gasteiger partial charge in [0.1, 0.15) is 19.0 Å². The van der Waals surface area contributed by atoms with Gasteiger partial charge in [0.05, 0.1) is 46.1 Å². The molecule has 0 saturated carbocycles. The van der Waals surface area contributed by atoms with Gasteiger partial charge in [-0.25, -0.2) is 4.79 Å². The van der Waals surface area contributed by atoms with Crippen LogP contribution < -0.4 is 0 Å². The number of piperidine rings is 1. The van der Waals surface area contributed by atoms with Gasteiger partial charge in [-0.15, -0.1) is 0 Å². The fourth-order valence-electron chi connectivity index (χ4n) is 2.43. The van der Waals surface area contributed by atoms with Crippen molar-refractivity contribution < 1.29 is 38.1 Å². The first-order valence-electron chi connectivity index (χ1n) is 11.0. The van der Waals surface area contributed by atoms with E-state index >= 15 is 0 Å². The number of hydrogen-bond acceptors (Lipinski definition) is 9. The van der Waals surface area contributed by atoms with E-state index in [0.29, 0.717) is 51.4 Å². The predicted octanol–water partition coefficient (Wildman–Crippen LogP) is 2.51. The summed E-state index contributed by atoms with van der Waals surface area (Å²) in [5, 5.41) is 0.369. The van der Waals surface area contributed by atoms with Gasteiger partial charge in [-0.2, -0.15) is 12.6 Å². The maximum atomic E-state index is 11.8. The summed E-state index contributed by atoms with van der Waals surface area (Å²) in [5.74, 6) is -0.435. The molecular weight excluding hydrogens is 426 g/mol. The molecule has 0 atom stereocenters. The van der Waals surface area contributed by atoms with Gasteiger partial charge in [0.25, 0.3) is 0 Å². The molecule has 31 heavy (non-hydrogen) atoms. The largest absolute Gasteiger partial charge is 0.463 e. The molecule has 182 valence electrons. The second kappa shape index (κ2) is 20.5. The van der Waals surface area contributed by atoms with E-state index in [0.717, 1.165) is 12.8 Å². The molecule has 1 aliphatic rings. The number of rotatable bonds is 15. The van der Waals surface area contributed by atoms with Crippen molar-refractivity contribution in [2.75, 3.05) is 65.9 Å². The average molecular weight is 466 g/mol. The quantitative estimate of drug-likeness (QED) is 0.224. The van der Waals surface area contributed by atoms with Gasteiger partial charge in [-0.1, -0.05) is 13.8 Å². The SMILES string of the molecule is CC.CC(=O)CCC(=O)OCCOCCOCCOCCOC(=O)N1CCC(S)CC1. The number of hydrogen-bond donors (Lipinski definition) is 1. The fraction of sp³-hybridized carbons (Fsp3) is 0.857. The predicted molar refractivity (Wildman–Crippen MR) is 120 cm³/mol. The summed E-state index contributed by atoms with van der Waals surface area (Å²) >= 11 is 4.40. The summed E-state index contributed by atoms with van der Waals surface area (Å²) < 4.78 is 26.0. The highest BCUT2D eigenvalue weighted by atomic mass is 32.1. The van der Waals surface area contributed by atoms with Gasteiger partial charge >= 0.3 is 12.1 Å². The van der Waals surface area contributed by atoms with E-state index in [4.69, 9.17) is 23.7 Å². The van der Waals surface area contributed by atoms with E-state index in [2.05, 4.69) is 12.6 Å². The van der Waals surface area contributed by atoms with Crippen molar-refractivity contribution in [2.45, 2.75) is 51.7 Å². The Morgan fingerprint density at radius 2 is 1.23 bits per heavy atom. The zero-order valence-electron chi connectivity index (χ0n) is 19.1. The minimum Gasteiger partial charge on any atom is -0.463 e. The summed E-state index contributed by atoms with van der Waals surface area (Å²) in [6.45, 7) is 9.38. The molecule has 1 rings (SSSR count). The number of Topliss-reactive ketones (excluding diaryl/α,β-unsaturated/α-hetero) is 1. The van der Waals surface area contributed by atoms with Crippen molar-refractivity contribution >= 4 is 30.5 Å². The summed E-state index contributed by atoms with van der Waals surface area (Å²) in [6, 6.07) is 0. The highest BCUT2D eigenvalue weighted by molar-refractivity contribution is 7.80. The molecule has 1 aliphatic heterocycles. The zero-order chi connectivity index (χ0) is 23.3. The standard InChI is InChI=1S/C19H33NO8S.C2H6/c1-16(21)2-3-18(22)27-14-12-25-10-8-24-9-11-26-13-15-28-19(23)20-6-4-17(29)5-7-20;1-2/h17,29H,2-15H2,1H3;1-2H3. The average Bonchev–Trinajstić information content (AvgIpc) is 2.77. The number of nitrogens with zero attached hydrogens (tertiary/aromatic N) is 1. The summed E-state index contributed by atoms with van der Waals surface area (Å²) in [6.07, 6.45) is 1.79. The number of esters is 1. The van der Waals surface area contributed by atoms with Gasteiger partial charge in [-0.05, 0) is 19.8 Å². The molecule has 1 fully saturated rings. The molecule has 10 heteroatoms. The smallest absolute Gasteiger partial charge is 0.409 e. The first kappa shape index (κ1) is 29.6. The summed E-state index contributed by atoms with van der Waals surface area (Å²) in [4.78, 5) is 35.5. The maximum Gasteiger partial charge on any atom is 0.409 e. The van der Waals surface area contributed by atoms with Crippen LogP contribution in [0.4, 0.5) is 4.79 Å². The highest BCUT2D eigenvalue weighted by Crippen LogP contribution is 2.15. The van der Waals surface area contributed by atoms with Crippen LogP contribution in [0, 0.1) is 0 Å². The normalized spacial score (nSPS) is 13.9. The Labute approximate surface area is 191 Å². The number of carbonyl (C=O) groups excluding carboxylic acids is 3. The molecule has 0 aliphatic carbocycles. The third-order valence-electron chi connectivity index (χ3n) is 4.09. The lowest BCUT2D eigenvalue weighted by atomic mass is 10.1. The number of amides is 1. The van der Waals surface area contributed by atoms with Crippen LogP contribution in [0.15, 0.2) is 0 Å².